The lowest BCUT2D eigenvalue weighted by atomic mass is 10.2. The predicted molar refractivity (Wildman–Crippen MR) is 126 cm³/mol. The lowest BCUT2D eigenvalue weighted by Crippen LogP contribution is -2.54. The molecule has 2 aromatic carbocycles. The number of para-hydroxylation sites is 2. The molecule has 4 rings (SSSR count). The second kappa shape index (κ2) is 10.1. The number of hydrogen-bond acceptors (Lipinski definition) is 5. The van der Waals surface area contributed by atoms with E-state index in [2.05, 4.69) is 58.0 Å². The second-order valence-electron chi connectivity index (χ2n) is 8.37. The second-order valence-corrected chi connectivity index (χ2v) is 8.37. The third-order valence-corrected chi connectivity index (χ3v) is 6.24. The predicted octanol–water partition coefficient (Wildman–Crippen LogP) is 2.86. The van der Waals surface area contributed by atoms with E-state index < -0.39 is 0 Å². The Balaban J connectivity index is 1.24. The van der Waals surface area contributed by atoms with Crippen molar-refractivity contribution in [1.82, 2.24) is 9.80 Å². The summed E-state index contributed by atoms with van der Waals surface area (Å²) in [5.41, 5.74) is 3.69. The number of amides is 1. The number of benzene rings is 2. The number of ether oxygens (including phenoxy) is 1. The molecule has 2 saturated heterocycles. The fourth-order valence-electron chi connectivity index (χ4n) is 4.47. The van der Waals surface area contributed by atoms with Crippen molar-refractivity contribution in [2.45, 2.75) is 13.8 Å². The van der Waals surface area contributed by atoms with E-state index in [1.807, 2.05) is 24.0 Å². The van der Waals surface area contributed by atoms with Gasteiger partial charge in [0.2, 0.25) is 5.91 Å². The van der Waals surface area contributed by atoms with Crippen molar-refractivity contribution in [1.29, 1.82) is 0 Å². The van der Waals surface area contributed by atoms with Crippen LogP contribution in [0.3, 0.4) is 0 Å². The van der Waals surface area contributed by atoms with Gasteiger partial charge in [0.15, 0.2) is 0 Å². The van der Waals surface area contributed by atoms with Gasteiger partial charge in [-0.2, -0.15) is 0 Å². The molecular formula is C25H34N4O2. The van der Waals surface area contributed by atoms with E-state index in [-0.39, 0.29) is 5.91 Å². The minimum atomic E-state index is 0.257. The minimum Gasteiger partial charge on any atom is -0.492 e. The highest BCUT2D eigenvalue weighted by molar-refractivity contribution is 5.78. The fourth-order valence-corrected chi connectivity index (χ4v) is 4.47. The summed E-state index contributed by atoms with van der Waals surface area (Å²) in [6.07, 6.45) is 0. The summed E-state index contributed by atoms with van der Waals surface area (Å²) in [5.74, 6) is 1.20. The number of nitrogens with zero attached hydrogens (tertiary/aromatic N) is 4. The van der Waals surface area contributed by atoms with Gasteiger partial charge in [-0.15, -0.1) is 0 Å². The summed E-state index contributed by atoms with van der Waals surface area (Å²) in [4.78, 5) is 22.0. The molecule has 6 nitrogen and oxygen atoms in total. The van der Waals surface area contributed by atoms with Crippen molar-refractivity contribution in [3.63, 3.8) is 0 Å². The average Bonchev–Trinajstić information content (AvgIpc) is 2.80. The molecule has 2 aliphatic heterocycles. The Morgan fingerprint density at radius 3 is 2.29 bits per heavy atom. The molecule has 1 amide bonds. The van der Waals surface area contributed by atoms with Crippen LogP contribution in [0.1, 0.15) is 12.5 Å². The van der Waals surface area contributed by atoms with Crippen molar-refractivity contribution >= 4 is 17.3 Å². The van der Waals surface area contributed by atoms with Crippen LogP contribution in [0.25, 0.3) is 0 Å². The first kappa shape index (κ1) is 21.5. The molecule has 0 unspecified atom stereocenters. The third-order valence-electron chi connectivity index (χ3n) is 6.24. The zero-order valence-corrected chi connectivity index (χ0v) is 18.8. The highest BCUT2D eigenvalue weighted by Gasteiger charge is 2.25. The van der Waals surface area contributed by atoms with Crippen LogP contribution in [0.15, 0.2) is 48.5 Å². The Bertz CT molecular complexity index is 871. The standard InChI is InChI=1S/C25H34N4O2/c1-3-31-24-10-5-4-9-23(24)28-13-11-26(12-14-28)20-25(30)29-17-15-27(16-18-29)22-8-6-7-21(2)19-22/h4-10,19H,3,11-18,20H2,1-2H3. The Morgan fingerprint density at radius 2 is 1.58 bits per heavy atom. The maximum atomic E-state index is 12.9. The Morgan fingerprint density at radius 1 is 0.871 bits per heavy atom. The molecule has 2 aliphatic rings. The van der Waals surface area contributed by atoms with Gasteiger partial charge in [0.1, 0.15) is 5.75 Å². The van der Waals surface area contributed by atoms with Crippen molar-refractivity contribution in [3.05, 3.63) is 54.1 Å². The van der Waals surface area contributed by atoms with Crippen LogP contribution in [0, 0.1) is 6.92 Å². The Labute approximate surface area is 186 Å². The topological polar surface area (TPSA) is 39.3 Å². The molecule has 0 aromatic heterocycles. The van der Waals surface area contributed by atoms with Crippen LogP contribution >= 0.6 is 0 Å². The molecule has 0 radical (unpaired) electrons. The quantitative estimate of drug-likeness (QED) is 0.716. The van der Waals surface area contributed by atoms with Crippen LogP contribution in [-0.2, 0) is 4.79 Å². The van der Waals surface area contributed by atoms with Crippen molar-refractivity contribution in [3.8, 4) is 5.75 Å². The Hall–Kier alpha value is -2.73. The van der Waals surface area contributed by atoms with Crippen LogP contribution in [0.2, 0.25) is 0 Å². The molecule has 2 heterocycles. The van der Waals surface area contributed by atoms with Gasteiger partial charge in [0.25, 0.3) is 0 Å². The number of carbonyl (C=O) groups is 1. The maximum absolute atomic E-state index is 12.9. The van der Waals surface area contributed by atoms with Crippen LogP contribution in [-0.4, -0.2) is 81.2 Å². The normalized spacial score (nSPS) is 17.7. The van der Waals surface area contributed by atoms with E-state index in [1.165, 1.54) is 11.3 Å². The van der Waals surface area contributed by atoms with Crippen LogP contribution in [0.5, 0.6) is 5.75 Å². The summed E-state index contributed by atoms with van der Waals surface area (Å²) in [7, 11) is 0. The van der Waals surface area contributed by atoms with Gasteiger partial charge in [0, 0.05) is 58.0 Å². The Kier molecular flexibility index (Phi) is 6.97. The molecule has 0 spiro atoms. The lowest BCUT2D eigenvalue weighted by molar-refractivity contribution is -0.132. The van der Waals surface area contributed by atoms with Gasteiger partial charge in [-0.05, 0) is 43.7 Å². The summed E-state index contributed by atoms with van der Waals surface area (Å²) in [6.45, 7) is 12.4. The highest BCUT2D eigenvalue weighted by Crippen LogP contribution is 2.28. The lowest BCUT2D eigenvalue weighted by Gasteiger charge is -2.39. The first-order valence-corrected chi connectivity index (χ1v) is 11.4. The molecule has 0 saturated carbocycles. The van der Waals surface area contributed by atoms with Crippen molar-refractivity contribution in [2.24, 2.45) is 0 Å². The van der Waals surface area contributed by atoms with E-state index in [0.29, 0.717) is 13.2 Å². The van der Waals surface area contributed by atoms with Gasteiger partial charge in [-0.25, -0.2) is 0 Å². The zero-order chi connectivity index (χ0) is 21.6. The number of hydrogen-bond donors (Lipinski definition) is 0. The van der Waals surface area contributed by atoms with Gasteiger partial charge in [-0.1, -0.05) is 24.3 Å². The molecule has 2 fully saturated rings. The van der Waals surface area contributed by atoms with E-state index in [9.17, 15) is 4.79 Å². The maximum Gasteiger partial charge on any atom is 0.236 e. The summed E-state index contributed by atoms with van der Waals surface area (Å²) < 4.78 is 5.79. The number of carbonyl (C=O) groups excluding carboxylic acids is 1. The largest absolute Gasteiger partial charge is 0.492 e. The van der Waals surface area contributed by atoms with Gasteiger partial charge < -0.3 is 19.4 Å². The van der Waals surface area contributed by atoms with Gasteiger partial charge in [-0.3, -0.25) is 9.69 Å². The number of aryl methyl sites for hydroxylation is 1. The first-order valence-electron chi connectivity index (χ1n) is 11.4. The molecular weight excluding hydrogens is 388 g/mol. The van der Waals surface area contributed by atoms with E-state index in [0.717, 1.165) is 63.8 Å². The fraction of sp³-hybridized carbons (Fsp3) is 0.480. The molecule has 0 atom stereocenters. The average molecular weight is 423 g/mol. The molecule has 166 valence electrons. The van der Waals surface area contributed by atoms with Gasteiger partial charge in [0.05, 0.1) is 18.8 Å². The molecule has 0 N–H and O–H groups in total. The molecule has 2 aromatic rings. The van der Waals surface area contributed by atoms with Gasteiger partial charge >= 0.3 is 0 Å². The zero-order valence-electron chi connectivity index (χ0n) is 18.8. The van der Waals surface area contributed by atoms with E-state index in [4.69, 9.17) is 4.74 Å². The van der Waals surface area contributed by atoms with Crippen molar-refractivity contribution in [2.75, 3.05) is 75.3 Å². The van der Waals surface area contributed by atoms with Crippen molar-refractivity contribution < 1.29 is 9.53 Å². The molecule has 0 aliphatic carbocycles. The number of rotatable bonds is 6. The monoisotopic (exact) mass is 422 g/mol. The molecule has 0 bridgehead atoms. The summed E-state index contributed by atoms with van der Waals surface area (Å²) >= 11 is 0. The minimum absolute atomic E-state index is 0.257. The first-order chi connectivity index (χ1) is 15.1. The van der Waals surface area contributed by atoms with E-state index in [1.54, 1.807) is 0 Å². The third kappa shape index (κ3) is 5.31. The molecule has 31 heavy (non-hydrogen) atoms. The highest BCUT2D eigenvalue weighted by atomic mass is 16.5. The van der Waals surface area contributed by atoms with Crippen LogP contribution < -0.4 is 14.5 Å². The summed E-state index contributed by atoms with van der Waals surface area (Å²) in [6, 6.07) is 16.8. The van der Waals surface area contributed by atoms with Crippen LogP contribution in [0.4, 0.5) is 11.4 Å². The van der Waals surface area contributed by atoms with E-state index >= 15 is 0 Å². The number of anilines is 2. The number of piperazine rings is 2. The smallest absolute Gasteiger partial charge is 0.236 e. The summed E-state index contributed by atoms with van der Waals surface area (Å²) in [5, 5.41) is 0. The SMILES string of the molecule is CCOc1ccccc1N1CCN(CC(=O)N2CCN(c3cccc(C)c3)CC2)CC1. The molecule has 6 heteroatoms.